The molecule has 2 aromatic carbocycles. The molecular weight excluding hydrogens is 569 g/mol. The fraction of sp³-hybridized carbons (Fsp3) is 0.227. The third-order valence-corrected chi connectivity index (χ3v) is 6.34. The average molecular weight is 583 g/mol. The summed E-state index contributed by atoms with van der Waals surface area (Å²) in [5.74, 6) is 0.0785. The van der Waals surface area contributed by atoms with E-state index in [4.69, 9.17) is 27.9 Å². The maximum Gasteiger partial charge on any atom is 0.442 e. The highest BCUT2D eigenvalue weighted by atomic mass is 35.5. The standard InChI is InChI=1S/C22H14Cl2F6N4O2S/c1-36-17-7-11(4-5-16(17)35)3-2-6-32-20-19(37-22(28,29)30)15(10-31)33-34(20)18-13(23)8-12(9-14(18)24)21(25,26)27/h2-9,19-20,35H,1H3. The number of halogens is 8. The lowest BCUT2D eigenvalue weighted by molar-refractivity contribution is -0.137. The van der Waals surface area contributed by atoms with Crippen molar-refractivity contribution in [3.8, 4) is 17.6 Å². The summed E-state index contributed by atoms with van der Waals surface area (Å²) in [6, 6.07) is 7.05. The normalized spacial score (nSPS) is 18.5. The molecule has 0 bridgehead atoms. The maximum atomic E-state index is 13.3. The third-order valence-electron chi connectivity index (χ3n) is 4.77. The molecule has 0 radical (unpaired) electrons. The van der Waals surface area contributed by atoms with E-state index in [0.717, 1.165) is 11.2 Å². The first-order valence-corrected chi connectivity index (χ1v) is 11.5. The van der Waals surface area contributed by atoms with E-state index in [1.165, 1.54) is 37.5 Å². The van der Waals surface area contributed by atoms with Gasteiger partial charge in [-0.25, -0.2) is 5.01 Å². The van der Waals surface area contributed by atoms with Crippen LogP contribution in [0.1, 0.15) is 11.1 Å². The molecule has 1 heterocycles. The molecular formula is C22H14Cl2F6N4O2S. The summed E-state index contributed by atoms with van der Waals surface area (Å²) in [6.45, 7) is 0. The van der Waals surface area contributed by atoms with Crippen LogP contribution in [-0.2, 0) is 6.18 Å². The molecule has 0 aromatic heterocycles. The van der Waals surface area contributed by atoms with Gasteiger partial charge in [0.15, 0.2) is 23.4 Å². The van der Waals surface area contributed by atoms with Crippen LogP contribution >= 0.6 is 35.0 Å². The molecule has 0 amide bonds. The van der Waals surface area contributed by atoms with Crippen LogP contribution in [0.2, 0.25) is 10.0 Å². The topological polar surface area (TPSA) is 81.2 Å². The first-order valence-electron chi connectivity index (χ1n) is 9.90. The molecule has 0 fully saturated rings. The van der Waals surface area contributed by atoms with Crippen LogP contribution in [0.25, 0.3) is 6.08 Å². The molecule has 37 heavy (non-hydrogen) atoms. The molecule has 0 spiro atoms. The Hall–Kier alpha value is -3.08. The van der Waals surface area contributed by atoms with Gasteiger partial charge in [0.2, 0.25) is 0 Å². The molecule has 15 heteroatoms. The number of phenolic OH excluding ortho intramolecular Hbond substituents is 1. The van der Waals surface area contributed by atoms with Crippen LogP contribution in [0.3, 0.4) is 0 Å². The first kappa shape index (κ1) is 28.5. The largest absolute Gasteiger partial charge is 0.504 e. The summed E-state index contributed by atoms with van der Waals surface area (Å²) >= 11 is 11.5. The van der Waals surface area contributed by atoms with E-state index in [0.29, 0.717) is 17.7 Å². The number of aromatic hydroxyl groups is 1. The first-order chi connectivity index (χ1) is 17.2. The van der Waals surface area contributed by atoms with E-state index < -0.39 is 56.2 Å². The van der Waals surface area contributed by atoms with Crippen molar-refractivity contribution in [1.29, 1.82) is 5.26 Å². The third kappa shape index (κ3) is 6.82. The van der Waals surface area contributed by atoms with Crippen LogP contribution in [0.4, 0.5) is 32.0 Å². The molecule has 1 aliphatic heterocycles. The van der Waals surface area contributed by atoms with Crippen molar-refractivity contribution in [1.82, 2.24) is 0 Å². The fourth-order valence-corrected chi connectivity index (χ4v) is 4.68. The predicted molar refractivity (Wildman–Crippen MR) is 130 cm³/mol. The number of ether oxygens (including phenoxy) is 1. The summed E-state index contributed by atoms with van der Waals surface area (Å²) in [6.07, 6.45) is -2.33. The minimum atomic E-state index is -4.79. The van der Waals surface area contributed by atoms with Gasteiger partial charge < -0.3 is 9.84 Å². The number of nitriles is 1. The molecule has 2 unspecified atom stereocenters. The SMILES string of the molecule is COc1cc(C=CC=NC2C(SC(F)(F)F)C(C#N)=NN2c2c(Cl)cc(C(F)(F)F)cc2Cl)ccc1O. The molecule has 1 aliphatic rings. The number of rotatable bonds is 6. The van der Waals surface area contributed by atoms with Gasteiger partial charge in [-0.05, 0) is 47.7 Å². The number of anilines is 1. The van der Waals surface area contributed by atoms with Crippen LogP contribution in [0, 0.1) is 11.3 Å². The molecule has 1 N–H and O–H groups in total. The van der Waals surface area contributed by atoms with Crippen molar-refractivity contribution >= 4 is 58.7 Å². The van der Waals surface area contributed by atoms with E-state index >= 15 is 0 Å². The molecule has 2 aromatic rings. The van der Waals surface area contributed by atoms with Gasteiger partial charge in [0, 0.05) is 6.21 Å². The Balaban J connectivity index is 2.02. The summed E-state index contributed by atoms with van der Waals surface area (Å²) in [4.78, 5) is 4.08. The predicted octanol–water partition coefficient (Wildman–Crippen LogP) is 7.16. The Bertz CT molecular complexity index is 1280. The van der Waals surface area contributed by atoms with Gasteiger partial charge in [-0.2, -0.15) is 36.7 Å². The second-order valence-corrected chi connectivity index (χ2v) is 9.24. The van der Waals surface area contributed by atoms with Crippen LogP contribution in [-0.4, -0.2) is 41.1 Å². The summed E-state index contributed by atoms with van der Waals surface area (Å²) in [5, 5.41) is 20.9. The van der Waals surface area contributed by atoms with Crippen molar-refractivity contribution in [2.24, 2.45) is 10.1 Å². The van der Waals surface area contributed by atoms with Crippen LogP contribution in [0.5, 0.6) is 11.5 Å². The molecule has 6 nitrogen and oxygen atoms in total. The number of thioether (sulfide) groups is 1. The number of hydrazone groups is 1. The zero-order chi connectivity index (χ0) is 27.5. The zero-order valence-electron chi connectivity index (χ0n) is 18.3. The van der Waals surface area contributed by atoms with Crippen molar-refractivity contribution in [2.45, 2.75) is 23.1 Å². The van der Waals surface area contributed by atoms with Crippen molar-refractivity contribution in [3.63, 3.8) is 0 Å². The van der Waals surface area contributed by atoms with Gasteiger partial charge in [-0.1, -0.05) is 35.3 Å². The summed E-state index contributed by atoms with van der Waals surface area (Å²) in [5.41, 5.74) is -6.34. The highest BCUT2D eigenvalue weighted by Gasteiger charge is 2.47. The Labute approximate surface area is 220 Å². The summed E-state index contributed by atoms with van der Waals surface area (Å²) in [7, 11) is 1.35. The van der Waals surface area contributed by atoms with Gasteiger partial charge in [0.25, 0.3) is 0 Å². The lowest BCUT2D eigenvalue weighted by Crippen LogP contribution is -2.36. The minimum Gasteiger partial charge on any atom is -0.504 e. The Kier molecular flexibility index (Phi) is 8.56. The molecule has 0 saturated heterocycles. The Morgan fingerprint density at radius 3 is 2.35 bits per heavy atom. The minimum absolute atomic E-state index is 0.103. The number of hydrogen-bond acceptors (Lipinski definition) is 7. The Morgan fingerprint density at radius 2 is 1.81 bits per heavy atom. The highest BCUT2D eigenvalue weighted by Crippen LogP contribution is 2.46. The smallest absolute Gasteiger partial charge is 0.442 e. The van der Waals surface area contributed by atoms with E-state index in [9.17, 15) is 36.7 Å². The van der Waals surface area contributed by atoms with Crippen molar-refractivity contribution in [2.75, 3.05) is 12.1 Å². The van der Waals surface area contributed by atoms with Crippen LogP contribution in [0.15, 0.2) is 46.5 Å². The Morgan fingerprint density at radius 1 is 1.16 bits per heavy atom. The second kappa shape index (κ2) is 11.1. The summed E-state index contributed by atoms with van der Waals surface area (Å²) < 4.78 is 84.2. The molecule has 3 rings (SSSR count). The van der Waals surface area contributed by atoms with E-state index in [1.807, 2.05) is 0 Å². The number of phenols is 1. The van der Waals surface area contributed by atoms with Crippen molar-refractivity contribution < 1.29 is 36.2 Å². The number of allylic oxidation sites excluding steroid dienone is 1. The number of methoxy groups -OCH3 is 1. The van der Waals surface area contributed by atoms with Crippen LogP contribution < -0.4 is 9.75 Å². The van der Waals surface area contributed by atoms with Gasteiger partial charge in [-0.15, -0.1) is 0 Å². The molecule has 2 atom stereocenters. The molecule has 0 saturated carbocycles. The highest BCUT2D eigenvalue weighted by molar-refractivity contribution is 8.01. The van der Waals surface area contributed by atoms with Gasteiger partial charge >= 0.3 is 11.7 Å². The fourth-order valence-electron chi connectivity index (χ4n) is 3.21. The van der Waals surface area contributed by atoms with E-state index in [1.54, 1.807) is 6.07 Å². The quantitative estimate of drug-likeness (QED) is 0.289. The van der Waals surface area contributed by atoms with Gasteiger partial charge in [0.1, 0.15) is 11.3 Å². The molecule has 196 valence electrons. The van der Waals surface area contributed by atoms with E-state index in [2.05, 4.69) is 10.1 Å². The number of aliphatic imine (C=N–C) groups is 1. The number of alkyl halides is 6. The monoisotopic (exact) mass is 582 g/mol. The lowest BCUT2D eigenvalue weighted by Gasteiger charge is -2.26. The number of hydrogen-bond donors (Lipinski definition) is 1. The molecule has 0 aliphatic carbocycles. The van der Waals surface area contributed by atoms with Crippen molar-refractivity contribution in [3.05, 3.63) is 57.6 Å². The number of nitrogens with zero attached hydrogens (tertiary/aromatic N) is 4. The van der Waals surface area contributed by atoms with Gasteiger partial charge in [0.05, 0.1) is 28.4 Å². The second-order valence-electron chi connectivity index (χ2n) is 7.21. The van der Waals surface area contributed by atoms with Gasteiger partial charge in [-0.3, -0.25) is 4.99 Å². The maximum absolute atomic E-state index is 13.3. The lowest BCUT2D eigenvalue weighted by atomic mass is 10.1. The zero-order valence-corrected chi connectivity index (χ0v) is 20.7. The number of benzene rings is 2. The average Bonchev–Trinajstić information content (AvgIpc) is 3.11. The van der Waals surface area contributed by atoms with E-state index in [-0.39, 0.29) is 17.2 Å².